The smallest absolute Gasteiger partial charge is 0.342 e. The zero-order valence-corrected chi connectivity index (χ0v) is 32.6. The molecular formula is C43H52N4O8. The van der Waals surface area contributed by atoms with Gasteiger partial charge in [-0.15, -0.1) is 0 Å². The number of epoxide rings is 1. The molecule has 3 aromatic rings. The van der Waals surface area contributed by atoms with Crippen LogP contribution in [0.3, 0.4) is 0 Å². The zero-order valence-electron chi connectivity index (χ0n) is 32.6. The number of likely N-dealkylation sites (N-methyl/N-ethyl adjacent to an activating group) is 1. The van der Waals surface area contributed by atoms with Gasteiger partial charge < -0.3 is 39.0 Å². The van der Waals surface area contributed by atoms with Crippen molar-refractivity contribution in [1.29, 1.82) is 0 Å². The number of anilines is 1. The van der Waals surface area contributed by atoms with E-state index in [1.807, 2.05) is 37.1 Å². The molecule has 292 valence electrons. The molecule has 12 nitrogen and oxygen atoms in total. The van der Waals surface area contributed by atoms with E-state index in [9.17, 15) is 15.0 Å². The summed E-state index contributed by atoms with van der Waals surface area (Å²) in [6.45, 7) is 7.97. The van der Waals surface area contributed by atoms with E-state index in [1.165, 1.54) is 19.8 Å². The number of hydrogen-bond acceptors (Lipinski definition) is 11. The molecule has 2 bridgehead atoms. The molecule has 1 saturated carbocycles. The summed E-state index contributed by atoms with van der Waals surface area (Å²) in [5, 5.41) is 26.6. The Morgan fingerprint density at radius 3 is 2.53 bits per heavy atom. The molecule has 55 heavy (non-hydrogen) atoms. The fourth-order valence-corrected chi connectivity index (χ4v) is 13.3. The van der Waals surface area contributed by atoms with Crippen LogP contribution < -0.4 is 9.64 Å². The molecule has 6 aliphatic heterocycles. The highest BCUT2D eigenvalue weighted by molar-refractivity contribution is 5.95. The molecule has 3 saturated heterocycles. The van der Waals surface area contributed by atoms with E-state index in [4.69, 9.17) is 18.9 Å². The molecule has 1 spiro atoms. The Hall–Kier alpha value is -3.94. The highest BCUT2D eigenvalue weighted by Gasteiger charge is 2.84. The first-order valence-corrected chi connectivity index (χ1v) is 19.9. The predicted octanol–water partition coefficient (Wildman–Crippen LogP) is 3.39. The number of methoxy groups -OCH3 is 3. The Morgan fingerprint density at radius 2 is 1.80 bits per heavy atom. The van der Waals surface area contributed by atoms with Crippen LogP contribution in [-0.4, -0.2) is 127 Å². The number of esters is 2. The minimum absolute atomic E-state index is 0.0418. The Morgan fingerprint density at radius 1 is 1.02 bits per heavy atom. The number of para-hydroxylation sites is 1. The number of nitrogens with zero attached hydrogens (tertiary/aromatic N) is 3. The van der Waals surface area contributed by atoms with Crippen molar-refractivity contribution >= 4 is 28.5 Å². The lowest BCUT2D eigenvalue weighted by Gasteiger charge is -2.63. The summed E-state index contributed by atoms with van der Waals surface area (Å²) in [5.41, 5.74) is 1.15. The number of nitrogens with one attached hydrogen (secondary N) is 1. The van der Waals surface area contributed by atoms with Crippen LogP contribution >= 0.6 is 0 Å². The summed E-state index contributed by atoms with van der Waals surface area (Å²) >= 11 is 0. The quantitative estimate of drug-likeness (QED) is 0.194. The molecule has 1 aliphatic carbocycles. The van der Waals surface area contributed by atoms with E-state index in [0.29, 0.717) is 50.2 Å². The van der Waals surface area contributed by atoms with Gasteiger partial charge in [-0.1, -0.05) is 43.7 Å². The van der Waals surface area contributed by atoms with Crippen LogP contribution in [0.5, 0.6) is 5.75 Å². The normalized spacial score (nSPS) is 39.5. The third kappa shape index (κ3) is 4.14. The van der Waals surface area contributed by atoms with Crippen LogP contribution in [0.1, 0.15) is 61.9 Å². The minimum atomic E-state index is -2.29. The number of carbonyl (C=O) groups excluding carboxylic acids is 2. The fourth-order valence-electron chi connectivity index (χ4n) is 13.3. The lowest BCUT2D eigenvalue weighted by Crippen LogP contribution is -2.82. The predicted molar refractivity (Wildman–Crippen MR) is 204 cm³/mol. The molecule has 12 heteroatoms. The molecule has 4 fully saturated rings. The second kappa shape index (κ2) is 11.8. The highest BCUT2D eigenvalue weighted by Crippen LogP contribution is 2.71. The monoisotopic (exact) mass is 752 g/mol. The zero-order chi connectivity index (χ0) is 38.4. The Bertz CT molecular complexity index is 2170. The molecule has 7 heterocycles. The summed E-state index contributed by atoms with van der Waals surface area (Å²) < 4.78 is 24.0. The Kier molecular flexibility index (Phi) is 7.61. The van der Waals surface area contributed by atoms with Crippen LogP contribution in [0.4, 0.5) is 5.69 Å². The number of ether oxygens (including phenoxy) is 4. The molecule has 0 radical (unpaired) electrons. The van der Waals surface area contributed by atoms with E-state index in [-0.39, 0.29) is 30.1 Å². The number of benzene rings is 2. The lowest BCUT2D eigenvalue weighted by atomic mass is 9.46. The lowest BCUT2D eigenvalue weighted by molar-refractivity contribution is -0.232. The summed E-state index contributed by atoms with van der Waals surface area (Å²) in [5.74, 6) is -0.688. The third-order valence-corrected chi connectivity index (χ3v) is 15.3. The van der Waals surface area contributed by atoms with E-state index in [2.05, 4.69) is 46.0 Å². The number of carbonyl (C=O) groups is 2. The number of piperidine rings is 1. The van der Waals surface area contributed by atoms with E-state index < -0.39 is 40.0 Å². The minimum Gasteiger partial charge on any atom is -0.496 e. The standard InChI is InChI=1S/C43H52N4O8/c1-7-23-15-24-18-42(38(49)53-5,33-26(21-46(19-23)20-24)25-11-9-10-12-29(25)44-33)28-16-27-30(17-31(28)52-4)45(3)36-41(27)13-14-47-22-32-34(55-32)40(8-2,35(41)47)37(48)43(36,51)39(50)54-6/h9-12,15-17,24,32,34-37,44,48,51H,7-8,13-14,18-22H2,1-6H3/t24?,32?,34?,35-,36-,37-,40-,41-,42+,43+/m1/s1. The van der Waals surface area contributed by atoms with Gasteiger partial charge in [0.1, 0.15) is 17.3 Å². The number of aliphatic hydroxyl groups is 2. The van der Waals surface area contributed by atoms with Crippen molar-refractivity contribution in [2.45, 2.75) is 92.9 Å². The van der Waals surface area contributed by atoms with Gasteiger partial charge in [0, 0.05) is 84.0 Å². The van der Waals surface area contributed by atoms with Gasteiger partial charge in [0.15, 0.2) is 0 Å². The molecule has 1 aromatic heterocycles. The van der Waals surface area contributed by atoms with Gasteiger partial charge in [-0.25, -0.2) is 4.79 Å². The molecule has 10 rings (SSSR count). The second-order valence-electron chi connectivity index (χ2n) is 17.3. The highest BCUT2D eigenvalue weighted by atomic mass is 16.6. The van der Waals surface area contributed by atoms with Gasteiger partial charge in [-0.3, -0.25) is 14.6 Å². The summed E-state index contributed by atoms with van der Waals surface area (Å²) in [6, 6.07) is 11.2. The fraction of sp³-hybridized carbons (Fsp3) is 0.581. The van der Waals surface area contributed by atoms with Gasteiger partial charge >= 0.3 is 11.9 Å². The van der Waals surface area contributed by atoms with E-state index >= 15 is 4.79 Å². The molecule has 11 atom stereocenters. The maximum atomic E-state index is 15.1. The van der Waals surface area contributed by atoms with Crippen molar-refractivity contribution in [2.24, 2.45) is 11.3 Å². The van der Waals surface area contributed by atoms with Crippen molar-refractivity contribution in [3.8, 4) is 5.75 Å². The van der Waals surface area contributed by atoms with Crippen molar-refractivity contribution in [3.05, 3.63) is 70.4 Å². The van der Waals surface area contributed by atoms with E-state index in [0.717, 1.165) is 52.9 Å². The first-order valence-electron chi connectivity index (χ1n) is 19.9. The maximum Gasteiger partial charge on any atom is 0.342 e. The van der Waals surface area contributed by atoms with Crippen molar-refractivity contribution in [1.82, 2.24) is 14.8 Å². The van der Waals surface area contributed by atoms with Gasteiger partial charge in [0.2, 0.25) is 5.60 Å². The number of aromatic nitrogens is 1. The van der Waals surface area contributed by atoms with Crippen LogP contribution in [0.15, 0.2) is 48.0 Å². The third-order valence-electron chi connectivity index (χ3n) is 15.3. The average Bonchev–Trinajstić information content (AvgIpc) is 3.68. The molecule has 4 unspecified atom stereocenters. The van der Waals surface area contributed by atoms with E-state index in [1.54, 1.807) is 7.11 Å². The van der Waals surface area contributed by atoms with Crippen LogP contribution in [0.2, 0.25) is 0 Å². The Balaban J connectivity index is 1.28. The number of H-pyrrole nitrogens is 1. The van der Waals surface area contributed by atoms with Crippen molar-refractivity contribution < 1.29 is 38.7 Å². The second-order valence-corrected chi connectivity index (χ2v) is 17.3. The van der Waals surface area contributed by atoms with Gasteiger partial charge in [0.05, 0.1) is 39.6 Å². The van der Waals surface area contributed by atoms with Crippen LogP contribution in [0, 0.1) is 11.3 Å². The molecular weight excluding hydrogens is 700 g/mol. The first kappa shape index (κ1) is 35.5. The maximum absolute atomic E-state index is 15.1. The van der Waals surface area contributed by atoms with Crippen molar-refractivity contribution in [3.63, 3.8) is 0 Å². The van der Waals surface area contributed by atoms with Crippen LogP contribution in [0.25, 0.3) is 10.9 Å². The van der Waals surface area contributed by atoms with Crippen molar-refractivity contribution in [2.75, 3.05) is 59.5 Å². The summed E-state index contributed by atoms with van der Waals surface area (Å²) in [4.78, 5) is 39.9. The molecule has 3 N–H and O–H groups in total. The average molecular weight is 753 g/mol. The SMILES string of the molecule is CCC1=CC2CN(C1)Cc1c([nH]c3ccccc13)[C@@](C(=O)OC)(c1cc3c(cc1OC)N(C)[C@H]1[C@@](O)(C(=O)OC)[C@H](O)[C@]4(CC)C5OC5CN5CC[C@]31[C@H]54)C2. The summed E-state index contributed by atoms with van der Waals surface area (Å²) in [7, 11) is 6.24. The number of rotatable bonds is 6. The van der Waals surface area contributed by atoms with Crippen LogP contribution in [-0.2, 0) is 41.2 Å². The number of aromatic amines is 1. The molecule has 2 aromatic carbocycles. The van der Waals surface area contributed by atoms with Gasteiger partial charge in [0.25, 0.3) is 0 Å². The van der Waals surface area contributed by atoms with Gasteiger partial charge in [-0.05, 0) is 61.4 Å². The number of hydrogen-bond donors (Lipinski definition) is 3. The Labute approximate surface area is 321 Å². The number of fused-ring (bicyclic) bond motifs is 8. The first-order chi connectivity index (χ1) is 26.5. The topological polar surface area (TPSA) is 140 Å². The summed E-state index contributed by atoms with van der Waals surface area (Å²) in [6.07, 6.45) is 2.99. The largest absolute Gasteiger partial charge is 0.496 e. The molecule has 7 aliphatic rings. The van der Waals surface area contributed by atoms with Gasteiger partial charge in [-0.2, -0.15) is 0 Å². The molecule has 0 amide bonds. The number of aliphatic hydroxyl groups excluding tert-OH is 1.